The zero-order chi connectivity index (χ0) is 12.1. The van der Waals surface area contributed by atoms with E-state index in [4.69, 9.17) is 14.6 Å². The summed E-state index contributed by atoms with van der Waals surface area (Å²) >= 11 is 0. The predicted octanol–water partition coefficient (Wildman–Crippen LogP) is 1.21. The van der Waals surface area contributed by atoms with Crippen molar-refractivity contribution in [3.63, 3.8) is 0 Å². The van der Waals surface area contributed by atoms with E-state index in [9.17, 15) is 9.59 Å². The molecule has 0 spiro atoms. The molecule has 0 radical (unpaired) electrons. The van der Waals surface area contributed by atoms with E-state index in [2.05, 4.69) is 0 Å². The Morgan fingerprint density at radius 1 is 1.33 bits per heavy atom. The van der Waals surface area contributed by atoms with E-state index in [-0.39, 0.29) is 12.8 Å². The van der Waals surface area contributed by atoms with Gasteiger partial charge in [-0.25, -0.2) is 4.79 Å². The van der Waals surface area contributed by atoms with Crippen LogP contribution in [0.5, 0.6) is 0 Å². The third-order valence-electron chi connectivity index (χ3n) is 1.57. The van der Waals surface area contributed by atoms with Gasteiger partial charge in [-0.15, -0.1) is 0 Å². The Morgan fingerprint density at radius 3 is 2.20 bits per heavy atom. The summed E-state index contributed by atoms with van der Waals surface area (Å²) in [7, 11) is 1.36. The van der Waals surface area contributed by atoms with Gasteiger partial charge < -0.3 is 14.6 Å². The highest BCUT2D eigenvalue weighted by Crippen LogP contribution is 2.12. The molecule has 0 aromatic carbocycles. The molecule has 1 unspecified atom stereocenters. The Bertz CT molecular complexity index is 228. The van der Waals surface area contributed by atoms with Crippen molar-refractivity contribution in [3.8, 4) is 0 Å². The predicted molar refractivity (Wildman–Crippen MR) is 53.5 cm³/mol. The zero-order valence-corrected chi connectivity index (χ0v) is 9.57. The fraction of sp³-hybridized carbons (Fsp3) is 0.800. The average molecular weight is 218 g/mol. The quantitative estimate of drug-likeness (QED) is 0.702. The highest BCUT2D eigenvalue weighted by Gasteiger charge is 2.25. The van der Waals surface area contributed by atoms with Crippen LogP contribution in [0.3, 0.4) is 0 Å². The second-order valence-corrected chi connectivity index (χ2v) is 4.19. The van der Waals surface area contributed by atoms with Crippen molar-refractivity contribution >= 4 is 11.9 Å². The van der Waals surface area contributed by atoms with Gasteiger partial charge in [0.25, 0.3) is 0 Å². The fourth-order valence-corrected chi connectivity index (χ4v) is 0.954. The summed E-state index contributed by atoms with van der Waals surface area (Å²) in [6.45, 7) is 5.23. The maximum Gasteiger partial charge on any atom is 0.335 e. The molecule has 15 heavy (non-hydrogen) atoms. The molecule has 1 atom stereocenters. The summed E-state index contributed by atoms with van der Waals surface area (Å²) in [5.74, 6) is -1.48. The van der Waals surface area contributed by atoms with E-state index in [1.54, 1.807) is 20.8 Å². The van der Waals surface area contributed by atoms with Crippen LogP contribution in [0.2, 0.25) is 0 Å². The minimum Gasteiger partial charge on any atom is -0.481 e. The zero-order valence-electron chi connectivity index (χ0n) is 9.57. The van der Waals surface area contributed by atoms with Crippen molar-refractivity contribution in [2.45, 2.75) is 45.3 Å². The molecule has 0 fully saturated rings. The van der Waals surface area contributed by atoms with E-state index in [0.717, 1.165) is 0 Å². The minimum atomic E-state index is -0.958. The molecular weight excluding hydrogens is 200 g/mol. The summed E-state index contributed by atoms with van der Waals surface area (Å²) in [5.41, 5.74) is -0.586. The van der Waals surface area contributed by atoms with Gasteiger partial charge in [0.1, 0.15) is 5.60 Å². The molecule has 0 aromatic heterocycles. The van der Waals surface area contributed by atoms with Crippen LogP contribution in [0.25, 0.3) is 0 Å². The van der Waals surface area contributed by atoms with Crippen LogP contribution in [0.15, 0.2) is 0 Å². The van der Waals surface area contributed by atoms with Crippen molar-refractivity contribution < 1.29 is 24.2 Å². The molecule has 0 amide bonds. The standard InChI is InChI=1S/C10H18O5/c1-10(2,3)15-9(13)7(14-4)5-6-8(11)12/h7H,5-6H2,1-4H3,(H,11,12). The third kappa shape index (κ3) is 6.90. The summed E-state index contributed by atoms with van der Waals surface area (Å²) in [5, 5.41) is 8.46. The van der Waals surface area contributed by atoms with Crippen LogP contribution in [-0.2, 0) is 19.1 Å². The molecule has 0 aromatic rings. The first-order valence-electron chi connectivity index (χ1n) is 4.73. The topological polar surface area (TPSA) is 72.8 Å². The van der Waals surface area contributed by atoms with Gasteiger partial charge in [-0.1, -0.05) is 0 Å². The maximum atomic E-state index is 11.5. The van der Waals surface area contributed by atoms with Crippen LogP contribution in [0.4, 0.5) is 0 Å². The van der Waals surface area contributed by atoms with Gasteiger partial charge in [0, 0.05) is 13.5 Å². The van der Waals surface area contributed by atoms with Crippen LogP contribution in [-0.4, -0.2) is 35.9 Å². The first-order valence-corrected chi connectivity index (χ1v) is 4.73. The van der Waals surface area contributed by atoms with Gasteiger partial charge in [0.2, 0.25) is 0 Å². The van der Waals surface area contributed by atoms with E-state index in [0.29, 0.717) is 0 Å². The lowest BCUT2D eigenvalue weighted by atomic mass is 10.1. The number of carboxylic acids is 1. The first-order chi connectivity index (χ1) is 6.76. The minimum absolute atomic E-state index is 0.113. The number of hydrogen-bond donors (Lipinski definition) is 1. The summed E-state index contributed by atoms with van der Waals surface area (Å²) < 4.78 is 9.94. The van der Waals surface area contributed by atoms with Crippen molar-refractivity contribution in [1.82, 2.24) is 0 Å². The number of hydrogen-bond acceptors (Lipinski definition) is 4. The normalized spacial score (nSPS) is 13.3. The Morgan fingerprint density at radius 2 is 1.87 bits per heavy atom. The first kappa shape index (κ1) is 13.9. The Balaban J connectivity index is 4.16. The number of aliphatic carboxylic acids is 1. The van der Waals surface area contributed by atoms with E-state index >= 15 is 0 Å². The summed E-state index contributed by atoms with van der Waals surface area (Å²) in [4.78, 5) is 21.8. The molecule has 0 aliphatic heterocycles. The van der Waals surface area contributed by atoms with Gasteiger partial charge >= 0.3 is 11.9 Å². The van der Waals surface area contributed by atoms with Crippen LogP contribution < -0.4 is 0 Å². The number of esters is 1. The molecule has 1 N–H and O–H groups in total. The molecule has 88 valence electrons. The van der Waals surface area contributed by atoms with Gasteiger partial charge in [0.15, 0.2) is 6.10 Å². The maximum absolute atomic E-state index is 11.5. The molecule has 5 nitrogen and oxygen atoms in total. The summed E-state index contributed by atoms with van der Waals surface area (Å²) in [6, 6.07) is 0. The van der Waals surface area contributed by atoms with Gasteiger partial charge in [-0.05, 0) is 27.2 Å². The second-order valence-electron chi connectivity index (χ2n) is 4.19. The average Bonchev–Trinajstić information content (AvgIpc) is 2.01. The number of rotatable bonds is 5. The molecule has 5 heteroatoms. The molecule has 0 aliphatic carbocycles. The number of methoxy groups -OCH3 is 1. The van der Waals surface area contributed by atoms with Crippen molar-refractivity contribution in [2.24, 2.45) is 0 Å². The van der Waals surface area contributed by atoms with E-state index in [1.165, 1.54) is 7.11 Å². The molecule has 0 bridgehead atoms. The number of ether oxygens (including phenoxy) is 2. The highest BCUT2D eigenvalue weighted by atomic mass is 16.6. The highest BCUT2D eigenvalue weighted by molar-refractivity contribution is 5.76. The molecule has 0 heterocycles. The molecule has 0 aliphatic rings. The van der Waals surface area contributed by atoms with Crippen molar-refractivity contribution in [2.75, 3.05) is 7.11 Å². The molecule has 0 rings (SSSR count). The lowest BCUT2D eigenvalue weighted by molar-refractivity contribution is -0.167. The molecule has 0 saturated heterocycles. The van der Waals surface area contributed by atoms with Crippen LogP contribution in [0.1, 0.15) is 33.6 Å². The lowest BCUT2D eigenvalue weighted by Crippen LogP contribution is -2.33. The third-order valence-corrected chi connectivity index (χ3v) is 1.57. The second kappa shape index (κ2) is 5.70. The SMILES string of the molecule is COC(CCC(=O)O)C(=O)OC(C)(C)C. The Kier molecular flexibility index (Phi) is 5.28. The number of carbonyl (C=O) groups is 2. The monoisotopic (exact) mass is 218 g/mol. The fourth-order valence-electron chi connectivity index (χ4n) is 0.954. The smallest absolute Gasteiger partial charge is 0.335 e. The van der Waals surface area contributed by atoms with Crippen LogP contribution >= 0.6 is 0 Å². The Hall–Kier alpha value is -1.10. The van der Waals surface area contributed by atoms with E-state index < -0.39 is 23.6 Å². The molecular formula is C10H18O5. The van der Waals surface area contributed by atoms with Gasteiger partial charge in [-0.2, -0.15) is 0 Å². The largest absolute Gasteiger partial charge is 0.481 e. The lowest BCUT2D eigenvalue weighted by Gasteiger charge is -2.22. The van der Waals surface area contributed by atoms with Crippen molar-refractivity contribution in [1.29, 1.82) is 0 Å². The van der Waals surface area contributed by atoms with Crippen LogP contribution in [0, 0.1) is 0 Å². The number of carbonyl (C=O) groups excluding carboxylic acids is 1. The molecule has 0 saturated carbocycles. The van der Waals surface area contributed by atoms with Crippen molar-refractivity contribution in [3.05, 3.63) is 0 Å². The van der Waals surface area contributed by atoms with Gasteiger partial charge in [0.05, 0.1) is 0 Å². The number of carboxylic acid groups (broad SMARTS) is 1. The van der Waals surface area contributed by atoms with Gasteiger partial charge in [-0.3, -0.25) is 4.79 Å². The van der Waals surface area contributed by atoms with E-state index in [1.807, 2.05) is 0 Å². The summed E-state index contributed by atoms with van der Waals surface area (Å²) in [6.07, 6.45) is -0.793. The Labute approximate surface area is 89.4 Å².